The van der Waals surface area contributed by atoms with E-state index in [1.807, 2.05) is 30.0 Å². The van der Waals surface area contributed by atoms with E-state index in [-0.39, 0.29) is 23.5 Å². The molecule has 5 N–H and O–H groups in total. The van der Waals surface area contributed by atoms with Gasteiger partial charge in [0.2, 0.25) is 5.11 Å². The molecular formula is C11H17ClN4S2. The molecule has 0 unspecified atom stereocenters. The van der Waals surface area contributed by atoms with Crippen molar-refractivity contribution in [3.63, 3.8) is 0 Å². The number of thiocarbonyl (C=S) groups is 1. The highest BCUT2D eigenvalue weighted by Crippen LogP contribution is 2.22. The van der Waals surface area contributed by atoms with Gasteiger partial charge in [-0.2, -0.15) is 4.99 Å². The summed E-state index contributed by atoms with van der Waals surface area (Å²) in [5, 5.41) is 3.23. The van der Waals surface area contributed by atoms with Crippen LogP contribution in [0.15, 0.2) is 34.2 Å². The Kier molecular flexibility index (Phi) is 8.53. The average Bonchev–Trinajstić information content (AvgIpc) is 2.25. The number of benzene rings is 1. The van der Waals surface area contributed by atoms with E-state index in [0.29, 0.717) is 0 Å². The lowest BCUT2D eigenvalue weighted by Gasteiger charge is -2.06. The first-order valence-electron chi connectivity index (χ1n) is 5.25. The second kappa shape index (κ2) is 9.02. The van der Waals surface area contributed by atoms with Crippen LogP contribution in [0, 0.1) is 0 Å². The van der Waals surface area contributed by atoms with Crippen molar-refractivity contribution < 1.29 is 0 Å². The van der Waals surface area contributed by atoms with Gasteiger partial charge < -0.3 is 16.8 Å². The summed E-state index contributed by atoms with van der Waals surface area (Å²) in [5.41, 5.74) is 11.4. The summed E-state index contributed by atoms with van der Waals surface area (Å²) in [7, 11) is 0. The van der Waals surface area contributed by atoms with Gasteiger partial charge in [0.1, 0.15) is 0 Å². The van der Waals surface area contributed by atoms with Crippen molar-refractivity contribution in [1.82, 2.24) is 0 Å². The minimum Gasteiger partial charge on any atom is -0.370 e. The van der Waals surface area contributed by atoms with Crippen molar-refractivity contribution in [2.24, 2.45) is 16.5 Å². The van der Waals surface area contributed by atoms with Crippen LogP contribution >= 0.6 is 36.4 Å². The average molecular weight is 305 g/mol. The van der Waals surface area contributed by atoms with Crippen molar-refractivity contribution in [2.45, 2.75) is 18.2 Å². The molecule has 1 rings (SSSR count). The van der Waals surface area contributed by atoms with E-state index < -0.39 is 0 Å². The van der Waals surface area contributed by atoms with Crippen LogP contribution in [0.4, 0.5) is 5.69 Å². The van der Waals surface area contributed by atoms with Gasteiger partial charge in [-0.3, -0.25) is 0 Å². The van der Waals surface area contributed by atoms with Gasteiger partial charge in [0.25, 0.3) is 0 Å². The second-order valence-corrected chi connectivity index (χ2v) is 4.90. The number of thioether (sulfide) groups is 1. The normalized spacial score (nSPS) is 9.17. The van der Waals surface area contributed by atoms with Crippen LogP contribution < -0.4 is 16.8 Å². The number of rotatable bonds is 4. The Morgan fingerprint density at radius 3 is 2.78 bits per heavy atom. The zero-order chi connectivity index (χ0) is 12.7. The van der Waals surface area contributed by atoms with Gasteiger partial charge >= 0.3 is 0 Å². The van der Waals surface area contributed by atoms with Crippen LogP contribution in [0.2, 0.25) is 0 Å². The first-order valence-corrected chi connectivity index (χ1v) is 6.64. The molecule has 0 atom stereocenters. The number of nitrogens with two attached hydrogens (primary N) is 2. The Balaban J connectivity index is 0.00000289. The van der Waals surface area contributed by atoms with Crippen LogP contribution in [0.25, 0.3) is 0 Å². The van der Waals surface area contributed by atoms with E-state index in [4.69, 9.17) is 23.7 Å². The van der Waals surface area contributed by atoms with Gasteiger partial charge in [-0.25, -0.2) is 0 Å². The monoisotopic (exact) mass is 304 g/mol. The molecule has 0 saturated carbocycles. The minimum absolute atomic E-state index is 0. The number of halogens is 1. The number of hydrogen-bond donors (Lipinski definition) is 3. The Bertz CT molecular complexity index is 419. The molecule has 0 aliphatic carbocycles. The fraction of sp³-hybridized carbons (Fsp3) is 0.273. The van der Waals surface area contributed by atoms with Gasteiger partial charge in [0.05, 0.1) is 0 Å². The van der Waals surface area contributed by atoms with E-state index in [0.717, 1.165) is 17.9 Å². The first-order chi connectivity index (χ1) is 8.11. The van der Waals surface area contributed by atoms with Gasteiger partial charge in [-0.15, -0.1) is 24.2 Å². The molecule has 0 spiro atoms. The van der Waals surface area contributed by atoms with Crippen LogP contribution in [-0.4, -0.2) is 16.8 Å². The molecule has 0 saturated heterocycles. The van der Waals surface area contributed by atoms with Crippen LogP contribution in [0.3, 0.4) is 0 Å². The maximum Gasteiger partial charge on any atom is 0.200 e. The maximum atomic E-state index is 5.24. The van der Waals surface area contributed by atoms with E-state index >= 15 is 0 Å². The van der Waals surface area contributed by atoms with E-state index in [2.05, 4.69) is 23.3 Å². The van der Waals surface area contributed by atoms with Crippen molar-refractivity contribution in [2.75, 3.05) is 11.1 Å². The fourth-order valence-electron chi connectivity index (χ4n) is 1.15. The van der Waals surface area contributed by atoms with Crippen LogP contribution in [-0.2, 0) is 0 Å². The quantitative estimate of drug-likeness (QED) is 0.345. The summed E-state index contributed by atoms with van der Waals surface area (Å²) in [4.78, 5) is 4.95. The third-order valence-corrected chi connectivity index (χ3v) is 3.18. The Morgan fingerprint density at radius 2 is 2.17 bits per heavy atom. The van der Waals surface area contributed by atoms with Crippen LogP contribution in [0.5, 0.6) is 0 Å². The van der Waals surface area contributed by atoms with Gasteiger partial charge in [0, 0.05) is 10.6 Å². The number of anilines is 1. The zero-order valence-electron chi connectivity index (χ0n) is 10.1. The molecule has 0 aliphatic rings. The standard InChI is InChI=1S/C11H16N4S2.ClH/c1-2-6-17-9-5-3-4-8(7-9)14-11(16)15-10(12)13;/h3-5,7H,2,6H2,1H3,(H5,12,13,14,15,16);1H. The molecule has 0 fully saturated rings. The van der Waals surface area contributed by atoms with Crippen molar-refractivity contribution in [1.29, 1.82) is 0 Å². The number of hydrogen-bond acceptors (Lipinski definition) is 2. The minimum atomic E-state index is -0.0426. The van der Waals surface area contributed by atoms with E-state index in [1.165, 1.54) is 4.90 Å². The molecule has 1 aromatic rings. The number of nitrogens with zero attached hydrogens (tertiary/aromatic N) is 1. The predicted octanol–water partition coefficient (Wildman–Crippen LogP) is 2.58. The lowest BCUT2D eigenvalue weighted by Crippen LogP contribution is -2.25. The third-order valence-electron chi connectivity index (χ3n) is 1.79. The number of aliphatic imine (C=N–C) groups is 1. The molecule has 100 valence electrons. The zero-order valence-corrected chi connectivity index (χ0v) is 12.5. The summed E-state index contributed by atoms with van der Waals surface area (Å²) in [6, 6.07) is 7.98. The molecule has 0 aromatic heterocycles. The highest BCUT2D eigenvalue weighted by Gasteiger charge is 1.98. The Labute approximate surface area is 123 Å². The molecule has 0 aliphatic heterocycles. The highest BCUT2D eigenvalue weighted by atomic mass is 35.5. The molecular weight excluding hydrogens is 288 g/mol. The molecule has 1 aromatic carbocycles. The fourth-order valence-corrected chi connectivity index (χ4v) is 2.20. The summed E-state index contributed by atoms with van der Waals surface area (Å²) in [6.45, 7) is 2.16. The van der Waals surface area contributed by atoms with Crippen molar-refractivity contribution >= 4 is 53.1 Å². The summed E-state index contributed by atoms with van der Waals surface area (Å²) >= 11 is 6.78. The molecule has 0 heterocycles. The molecule has 18 heavy (non-hydrogen) atoms. The lowest BCUT2D eigenvalue weighted by molar-refractivity contribution is 1.10. The number of guanidine groups is 1. The summed E-state index contributed by atoms with van der Waals surface area (Å²) in [6.07, 6.45) is 1.15. The first kappa shape index (κ1) is 17.0. The van der Waals surface area contributed by atoms with E-state index in [1.54, 1.807) is 0 Å². The Hall–Kier alpha value is -0.980. The van der Waals surface area contributed by atoms with Gasteiger partial charge in [-0.05, 0) is 42.6 Å². The molecule has 4 nitrogen and oxygen atoms in total. The molecule has 0 bridgehead atoms. The third kappa shape index (κ3) is 6.68. The van der Waals surface area contributed by atoms with Gasteiger partial charge in [0.15, 0.2) is 5.96 Å². The largest absolute Gasteiger partial charge is 0.370 e. The lowest BCUT2D eigenvalue weighted by atomic mass is 10.3. The second-order valence-electron chi connectivity index (χ2n) is 3.34. The maximum absolute atomic E-state index is 5.24. The number of nitrogens with one attached hydrogen (secondary N) is 1. The van der Waals surface area contributed by atoms with Crippen molar-refractivity contribution in [3.8, 4) is 0 Å². The van der Waals surface area contributed by atoms with E-state index in [9.17, 15) is 0 Å². The van der Waals surface area contributed by atoms with Crippen molar-refractivity contribution in [3.05, 3.63) is 24.3 Å². The summed E-state index contributed by atoms with van der Waals surface area (Å²) in [5.74, 6) is 1.06. The molecule has 0 amide bonds. The molecule has 7 heteroatoms. The smallest absolute Gasteiger partial charge is 0.200 e. The van der Waals surface area contributed by atoms with Gasteiger partial charge in [-0.1, -0.05) is 13.0 Å². The highest BCUT2D eigenvalue weighted by molar-refractivity contribution is 7.99. The van der Waals surface area contributed by atoms with Crippen LogP contribution in [0.1, 0.15) is 13.3 Å². The predicted molar refractivity (Wildman–Crippen MR) is 86.7 cm³/mol. The Morgan fingerprint density at radius 1 is 1.44 bits per heavy atom. The SMILES string of the molecule is CCCSc1cccc(NC(=S)N=C(N)N)c1.Cl. The topological polar surface area (TPSA) is 76.4 Å². The molecule has 0 radical (unpaired) electrons. The summed E-state index contributed by atoms with van der Waals surface area (Å²) < 4.78 is 0.